The number of alkyl halides is 6. The molecular formula is C50H67ClF6N8O8. The monoisotopic (exact) mass is 1060 g/mol. The summed E-state index contributed by atoms with van der Waals surface area (Å²) in [6, 6.07) is -1.96. The van der Waals surface area contributed by atoms with E-state index in [1.54, 1.807) is 23.1 Å². The van der Waals surface area contributed by atoms with Gasteiger partial charge in [0.05, 0.1) is 6.54 Å². The first-order valence-corrected chi connectivity index (χ1v) is 25.2. The quantitative estimate of drug-likeness (QED) is 0.229. The molecule has 5 aliphatic rings. The van der Waals surface area contributed by atoms with Gasteiger partial charge in [0.2, 0.25) is 47.3 Å². The molecule has 0 spiro atoms. The van der Waals surface area contributed by atoms with Crippen molar-refractivity contribution in [1.29, 1.82) is 0 Å². The molecule has 16 nitrogen and oxygen atoms in total. The van der Waals surface area contributed by atoms with Crippen molar-refractivity contribution in [3.05, 3.63) is 40.4 Å². The molecule has 4 fully saturated rings. The zero-order valence-electron chi connectivity index (χ0n) is 42.2. The number of benzene rings is 1. The van der Waals surface area contributed by atoms with Crippen molar-refractivity contribution < 1.29 is 64.7 Å². The van der Waals surface area contributed by atoms with Crippen LogP contribution in [0.5, 0.6) is 0 Å². The molecule has 2 saturated carbocycles. The number of carbonyl (C=O) groups excluding carboxylic acids is 8. The number of halogens is 7. The van der Waals surface area contributed by atoms with Crippen LogP contribution in [0.3, 0.4) is 0 Å². The fourth-order valence-corrected chi connectivity index (χ4v) is 10.5. The fourth-order valence-electron chi connectivity index (χ4n) is 10.3. The van der Waals surface area contributed by atoms with E-state index in [0.717, 1.165) is 16.0 Å². The predicted octanol–water partition coefficient (Wildman–Crippen LogP) is 4.71. The van der Waals surface area contributed by atoms with Crippen LogP contribution < -0.4 is 21.3 Å². The molecule has 8 amide bonds. The third kappa shape index (κ3) is 12.9. The molecule has 0 aromatic heterocycles. The number of hydrogen-bond acceptors (Lipinski definition) is 8. The van der Waals surface area contributed by atoms with Gasteiger partial charge in [-0.3, -0.25) is 38.4 Å². The summed E-state index contributed by atoms with van der Waals surface area (Å²) in [7, 11) is 2.71. The Labute approximate surface area is 426 Å². The largest absolute Gasteiger partial charge is 0.403 e. The van der Waals surface area contributed by atoms with E-state index < -0.39 is 133 Å². The highest BCUT2D eigenvalue weighted by molar-refractivity contribution is 6.30. The topological polar surface area (TPSA) is 198 Å². The molecule has 1 aromatic rings. The lowest BCUT2D eigenvalue weighted by molar-refractivity contribution is -0.299. The minimum Gasteiger partial charge on any atom is -0.354 e. The third-order valence-electron chi connectivity index (χ3n) is 14.8. The van der Waals surface area contributed by atoms with E-state index in [2.05, 4.69) is 21.3 Å². The van der Waals surface area contributed by atoms with E-state index in [9.17, 15) is 64.7 Å². The molecule has 0 unspecified atom stereocenters. The van der Waals surface area contributed by atoms with Gasteiger partial charge in [0.25, 0.3) is 5.92 Å². The average Bonchev–Trinajstić information content (AvgIpc) is 4.07. The van der Waals surface area contributed by atoms with E-state index in [-0.39, 0.29) is 50.5 Å². The molecule has 6 rings (SSSR count). The Kier molecular flexibility index (Phi) is 17.3. The van der Waals surface area contributed by atoms with Crippen LogP contribution in [0.1, 0.15) is 110 Å². The zero-order valence-corrected chi connectivity index (χ0v) is 43.0. The highest BCUT2D eigenvalue weighted by atomic mass is 35.5. The highest BCUT2D eigenvalue weighted by Crippen LogP contribution is 2.61. The molecule has 23 heteroatoms. The van der Waals surface area contributed by atoms with Gasteiger partial charge in [0, 0.05) is 71.4 Å². The lowest BCUT2D eigenvalue weighted by Gasteiger charge is -2.48. The van der Waals surface area contributed by atoms with Crippen LogP contribution in [0.2, 0.25) is 5.02 Å². The molecule has 6 atom stereocenters. The molecule has 4 N–H and O–H groups in total. The van der Waals surface area contributed by atoms with Crippen molar-refractivity contribution in [3.8, 4) is 0 Å². The van der Waals surface area contributed by atoms with Crippen LogP contribution in [0.25, 0.3) is 5.57 Å². The number of likely N-dealkylation sites (N-methyl/N-ethyl adjacent to an activating group) is 2. The van der Waals surface area contributed by atoms with Gasteiger partial charge in [-0.25, -0.2) is 13.2 Å². The number of rotatable bonds is 11. The van der Waals surface area contributed by atoms with Crippen molar-refractivity contribution in [2.75, 3.05) is 40.3 Å². The summed E-state index contributed by atoms with van der Waals surface area (Å²) in [6.07, 6.45) is -8.16. The maximum Gasteiger partial charge on any atom is 0.403 e. The molecular weight excluding hydrogens is 990 g/mol. The highest BCUT2D eigenvalue weighted by Gasteiger charge is 2.75. The molecule has 0 bridgehead atoms. The van der Waals surface area contributed by atoms with Crippen LogP contribution in [0, 0.1) is 17.3 Å². The Bertz CT molecular complexity index is 2360. The SMILES string of the molecule is CC(=O)N1CC=C(c2ccc(Cl)cc2C[C@H]2C(=O)NC(C)(C)C(=O)NCCCC[C@H](N(C)C(=O)[C@@H](NC(=O)[C@@H]3C[C@@H](F)CN3C(=O)C3(C(F)(F)F)CC(F)(F)C3)C3CC3)C(=O)N[C@@H](CC(C)C)C(=O)N2C)CC1. The summed E-state index contributed by atoms with van der Waals surface area (Å²) in [5.41, 5.74) is -2.78. The number of likely N-dealkylation sites (tertiary alicyclic amines) is 1. The van der Waals surface area contributed by atoms with Gasteiger partial charge in [0.15, 0.2) is 5.41 Å². The van der Waals surface area contributed by atoms with E-state index in [1.807, 2.05) is 19.9 Å². The van der Waals surface area contributed by atoms with Gasteiger partial charge in [-0.05, 0) is 99.5 Å². The van der Waals surface area contributed by atoms with Gasteiger partial charge >= 0.3 is 6.18 Å². The second-order valence-corrected chi connectivity index (χ2v) is 21.8. The van der Waals surface area contributed by atoms with Crippen LogP contribution in [-0.2, 0) is 44.8 Å². The van der Waals surface area contributed by atoms with Crippen molar-refractivity contribution in [3.63, 3.8) is 0 Å². The average molecular weight is 1060 g/mol. The summed E-state index contributed by atoms with van der Waals surface area (Å²) >= 11 is 6.54. The normalized spacial score (nSPS) is 26.5. The van der Waals surface area contributed by atoms with Gasteiger partial charge in [-0.15, -0.1) is 0 Å². The van der Waals surface area contributed by atoms with Crippen LogP contribution in [-0.4, -0.2) is 161 Å². The van der Waals surface area contributed by atoms with E-state index in [1.165, 1.54) is 39.8 Å². The maximum atomic E-state index is 14.9. The smallest absolute Gasteiger partial charge is 0.354 e. The maximum absolute atomic E-state index is 14.9. The van der Waals surface area contributed by atoms with Crippen LogP contribution >= 0.6 is 11.6 Å². The Morgan fingerprint density at radius 3 is 2.25 bits per heavy atom. The lowest BCUT2D eigenvalue weighted by atomic mass is 9.64. The molecule has 404 valence electrons. The van der Waals surface area contributed by atoms with Crippen LogP contribution in [0.15, 0.2) is 24.3 Å². The van der Waals surface area contributed by atoms with Crippen molar-refractivity contribution >= 4 is 64.4 Å². The minimum atomic E-state index is -5.43. The molecule has 73 heavy (non-hydrogen) atoms. The molecule has 2 saturated heterocycles. The molecule has 0 radical (unpaired) electrons. The first-order valence-electron chi connectivity index (χ1n) is 24.8. The minimum absolute atomic E-state index is 0.0212. The Balaban J connectivity index is 1.28. The number of nitrogens with one attached hydrogen (secondary N) is 4. The van der Waals surface area contributed by atoms with Crippen molar-refractivity contribution in [2.24, 2.45) is 17.3 Å². The molecule has 1 aromatic carbocycles. The third-order valence-corrected chi connectivity index (χ3v) is 15.0. The Morgan fingerprint density at radius 1 is 1.00 bits per heavy atom. The van der Waals surface area contributed by atoms with Crippen LogP contribution in [0.4, 0.5) is 26.3 Å². The zero-order chi connectivity index (χ0) is 54.1. The predicted molar refractivity (Wildman–Crippen MR) is 256 cm³/mol. The van der Waals surface area contributed by atoms with Gasteiger partial charge in [0.1, 0.15) is 41.9 Å². The number of carbonyl (C=O) groups is 8. The Morgan fingerprint density at radius 2 is 1.67 bits per heavy atom. The molecule has 3 aliphatic heterocycles. The number of nitrogens with zero attached hydrogens (tertiary/aromatic N) is 4. The first kappa shape index (κ1) is 56.9. The van der Waals surface area contributed by atoms with Crippen molar-refractivity contribution in [2.45, 2.75) is 159 Å². The molecule has 2 aliphatic carbocycles. The second-order valence-electron chi connectivity index (χ2n) is 21.4. The Hall–Kier alpha value is -5.41. The number of amides is 8. The summed E-state index contributed by atoms with van der Waals surface area (Å²) < 4.78 is 85.6. The summed E-state index contributed by atoms with van der Waals surface area (Å²) in [6.45, 7) is 8.09. The fraction of sp³-hybridized carbons (Fsp3) is 0.680. The van der Waals surface area contributed by atoms with E-state index in [0.29, 0.717) is 47.8 Å². The summed E-state index contributed by atoms with van der Waals surface area (Å²) in [5.74, 6) is -11.1. The molecule has 3 heterocycles. The van der Waals surface area contributed by atoms with Crippen molar-refractivity contribution in [1.82, 2.24) is 40.9 Å². The second kappa shape index (κ2) is 22.2. The summed E-state index contributed by atoms with van der Waals surface area (Å²) in [5, 5.41) is 11.3. The van der Waals surface area contributed by atoms with Gasteiger partial charge in [-0.1, -0.05) is 37.6 Å². The van der Waals surface area contributed by atoms with Gasteiger partial charge < -0.3 is 40.9 Å². The lowest BCUT2D eigenvalue weighted by Crippen LogP contribution is -2.65. The first-order chi connectivity index (χ1) is 34.0. The van der Waals surface area contributed by atoms with Gasteiger partial charge in [-0.2, -0.15) is 13.2 Å². The number of hydrogen-bond donors (Lipinski definition) is 4. The standard InChI is InChI=1S/C50H67ClF6N8O8/c1-27(2)20-35-43(70)63(7)37(22-31-21-32(51)13-14-34(31)29-15-18-64(19-16-29)28(3)66)42(69)61-47(4,5)45(72)58-17-9-8-10-36(40(67)59-35)62(6)44(71)39(30-11-12-30)60-41(68)38-23-33(52)24-65(38)46(73)48(50(55,56)57)25-49(53,54)26-48/h13-15,21,27,30,33,35-39H,8-12,16-20,22-26H2,1-7H3,(H,58,72)(H,59,67)(H,60,68)(H,61,69)/t33-,35+,36+,37+,38+,39+/m1/s1. The summed E-state index contributed by atoms with van der Waals surface area (Å²) in [4.78, 5) is 116. The van der Waals surface area contributed by atoms with E-state index >= 15 is 0 Å². The van der Waals surface area contributed by atoms with E-state index in [4.69, 9.17) is 11.6 Å².